The molecule has 1 aliphatic heterocycles. The fourth-order valence-electron chi connectivity index (χ4n) is 3.58. The molecule has 8 nitrogen and oxygen atoms in total. The molecule has 0 aromatic carbocycles. The molecule has 2 amide bonds. The van der Waals surface area contributed by atoms with Crippen LogP contribution in [0.2, 0.25) is 0 Å². The summed E-state index contributed by atoms with van der Waals surface area (Å²) in [5, 5.41) is 16.2. The molecule has 1 aliphatic rings. The zero-order chi connectivity index (χ0) is 18.8. The first-order valence-electron chi connectivity index (χ1n) is 8.50. The zero-order valence-electron chi connectivity index (χ0n) is 15.1. The minimum atomic E-state index is -0.224. The lowest BCUT2D eigenvalue weighted by Crippen LogP contribution is -2.44. The Morgan fingerprint density at radius 3 is 2.77 bits per heavy atom. The summed E-state index contributed by atoms with van der Waals surface area (Å²) < 4.78 is 3.29. The monoisotopic (exact) mass is 354 g/mol. The molecule has 0 spiro atoms. The summed E-state index contributed by atoms with van der Waals surface area (Å²) in [6.45, 7) is 0.448. The summed E-state index contributed by atoms with van der Waals surface area (Å²) in [4.78, 5) is 26.4. The van der Waals surface area contributed by atoms with E-state index in [1.807, 2.05) is 19.3 Å². The van der Waals surface area contributed by atoms with Crippen LogP contribution in [0.3, 0.4) is 0 Å². The molecule has 3 heterocycles. The third kappa shape index (κ3) is 3.20. The number of aryl methyl sites for hydroxylation is 1. The summed E-state index contributed by atoms with van der Waals surface area (Å²) in [5.74, 6) is -0.0254. The van der Waals surface area contributed by atoms with Crippen molar-refractivity contribution in [3.05, 3.63) is 41.5 Å². The average molecular weight is 354 g/mol. The number of nitrogens with one attached hydrogen (secondary N) is 1. The Morgan fingerprint density at radius 1 is 1.38 bits per heavy atom. The largest absolute Gasteiger partial charge is 0.350 e. The van der Waals surface area contributed by atoms with E-state index in [1.165, 1.54) is 0 Å². The molecule has 2 aromatic heterocycles. The Hall–Kier alpha value is -3.08. The van der Waals surface area contributed by atoms with Crippen molar-refractivity contribution in [3.63, 3.8) is 0 Å². The van der Waals surface area contributed by atoms with E-state index in [4.69, 9.17) is 5.26 Å². The lowest BCUT2D eigenvalue weighted by Gasteiger charge is -2.38. The smallest absolute Gasteiger partial charge is 0.267 e. The summed E-state index contributed by atoms with van der Waals surface area (Å²) in [5.41, 5.74) is 1.85. The van der Waals surface area contributed by atoms with E-state index in [9.17, 15) is 9.59 Å². The second kappa shape index (κ2) is 7.04. The van der Waals surface area contributed by atoms with Gasteiger partial charge in [-0.05, 0) is 18.6 Å². The van der Waals surface area contributed by atoms with Crippen molar-refractivity contribution in [3.8, 4) is 6.07 Å². The number of nitrogens with zero attached hydrogens (tertiary/aromatic N) is 5. The number of likely N-dealkylation sites (tertiary alicyclic amines) is 1. The number of hydrogen-bond acceptors (Lipinski definition) is 4. The van der Waals surface area contributed by atoms with Crippen molar-refractivity contribution < 1.29 is 9.59 Å². The van der Waals surface area contributed by atoms with Crippen LogP contribution in [0.4, 0.5) is 0 Å². The summed E-state index contributed by atoms with van der Waals surface area (Å²) >= 11 is 0. The van der Waals surface area contributed by atoms with Gasteiger partial charge in [-0.15, -0.1) is 0 Å². The predicted molar refractivity (Wildman–Crippen MR) is 93.9 cm³/mol. The minimum Gasteiger partial charge on any atom is -0.350 e. The fraction of sp³-hybridized carbons (Fsp3) is 0.444. The Kier molecular flexibility index (Phi) is 4.80. The van der Waals surface area contributed by atoms with Crippen molar-refractivity contribution in [1.29, 1.82) is 5.26 Å². The van der Waals surface area contributed by atoms with Crippen LogP contribution in [0, 0.1) is 17.2 Å². The van der Waals surface area contributed by atoms with Gasteiger partial charge in [0.1, 0.15) is 17.5 Å². The van der Waals surface area contributed by atoms with Crippen LogP contribution in [-0.2, 0) is 18.9 Å². The molecule has 0 radical (unpaired) electrons. The lowest BCUT2D eigenvalue weighted by atomic mass is 9.85. The van der Waals surface area contributed by atoms with E-state index in [-0.39, 0.29) is 23.8 Å². The summed E-state index contributed by atoms with van der Waals surface area (Å²) in [7, 11) is 5.33. The van der Waals surface area contributed by atoms with Gasteiger partial charge in [-0.25, -0.2) is 0 Å². The van der Waals surface area contributed by atoms with Crippen LogP contribution in [0.25, 0.3) is 0 Å². The molecule has 2 atom stereocenters. The quantitative estimate of drug-likeness (QED) is 0.885. The molecule has 0 unspecified atom stereocenters. The average Bonchev–Trinajstić information content (AvgIpc) is 3.21. The SMILES string of the molecule is CN1C(=O)CC[C@H](CNC(=O)c2ccc(C#N)n2C)[C@H]1c1cnn(C)c1. The molecule has 3 rings (SSSR count). The maximum atomic E-state index is 12.5. The molecule has 0 saturated carbocycles. The Bertz CT molecular complexity index is 875. The molecule has 1 fully saturated rings. The zero-order valence-corrected chi connectivity index (χ0v) is 15.1. The topological polar surface area (TPSA) is 95.9 Å². The minimum absolute atomic E-state index is 0.0987. The van der Waals surface area contributed by atoms with Gasteiger partial charge in [-0.2, -0.15) is 10.4 Å². The van der Waals surface area contributed by atoms with E-state index >= 15 is 0 Å². The Balaban J connectivity index is 1.74. The molecular weight excluding hydrogens is 332 g/mol. The van der Waals surface area contributed by atoms with Crippen LogP contribution in [-0.4, -0.2) is 44.7 Å². The number of carbonyl (C=O) groups is 2. The molecule has 0 bridgehead atoms. The van der Waals surface area contributed by atoms with E-state index < -0.39 is 0 Å². The van der Waals surface area contributed by atoms with Gasteiger partial charge in [0.15, 0.2) is 0 Å². The van der Waals surface area contributed by atoms with Gasteiger partial charge < -0.3 is 14.8 Å². The molecule has 136 valence electrons. The van der Waals surface area contributed by atoms with E-state index in [0.717, 1.165) is 5.56 Å². The number of rotatable bonds is 4. The summed E-state index contributed by atoms with van der Waals surface area (Å²) in [6.07, 6.45) is 4.85. The van der Waals surface area contributed by atoms with Gasteiger partial charge in [0.25, 0.3) is 5.91 Å². The second-order valence-electron chi connectivity index (χ2n) is 6.68. The van der Waals surface area contributed by atoms with E-state index in [0.29, 0.717) is 30.8 Å². The number of nitriles is 1. The first-order chi connectivity index (χ1) is 12.4. The molecule has 1 saturated heterocycles. The first kappa shape index (κ1) is 17.7. The molecule has 0 aliphatic carbocycles. The van der Waals surface area contributed by atoms with Gasteiger partial charge in [0, 0.05) is 51.8 Å². The highest BCUT2D eigenvalue weighted by molar-refractivity contribution is 5.93. The van der Waals surface area contributed by atoms with Gasteiger partial charge in [0.2, 0.25) is 5.91 Å². The second-order valence-corrected chi connectivity index (χ2v) is 6.68. The first-order valence-corrected chi connectivity index (χ1v) is 8.50. The standard InChI is InChI=1S/C18H22N6O2/c1-22-11-13(10-21-22)17-12(4-7-16(25)24(17)3)9-20-18(26)15-6-5-14(8-19)23(15)2/h5-6,10-12,17H,4,7,9H2,1-3H3,(H,20,26)/t12-,17+/m1/s1. The molecule has 8 heteroatoms. The molecule has 2 aromatic rings. The number of amides is 2. The van der Waals surface area contributed by atoms with Gasteiger partial charge in [-0.3, -0.25) is 14.3 Å². The van der Waals surface area contributed by atoms with Crippen molar-refractivity contribution in [1.82, 2.24) is 24.6 Å². The fourth-order valence-corrected chi connectivity index (χ4v) is 3.58. The van der Waals surface area contributed by atoms with Crippen LogP contribution < -0.4 is 5.32 Å². The van der Waals surface area contributed by atoms with Gasteiger partial charge in [0.05, 0.1) is 12.2 Å². The van der Waals surface area contributed by atoms with E-state index in [2.05, 4.69) is 10.4 Å². The summed E-state index contributed by atoms with van der Waals surface area (Å²) in [6, 6.07) is 5.20. The van der Waals surface area contributed by atoms with Crippen LogP contribution in [0.1, 0.15) is 40.6 Å². The highest BCUT2D eigenvalue weighted by atomic mass is 16.2. The van der Waals surface area contributed by atoms with Gasteiger partial charge in [-0.1, -0.05) is 0 Å². The van der Waals surface area contributed by atoms with E-state index in [1.54, 1.807) is 46.6 Å². The normalized spacial score (nSPS) is 20.1. The number of aromatic nitrogens is 3. The van der Waals surface area contributed by atoms with Crippen molar-refractivity contribution >= 4 is 11.8 Å². The van der Waals surface area contributed by atoms with Gasteiger partial charge >= 0.3 is 0 Å². The maximum absolute atomic E-state index is 12.5. The molecule has 26 heavy (non-hydrogen) atoms. The molecule has 1 N–H and O–H groups in total. The van der Waals surface area contributed by atoms with Crippen molar-refractivity contribution in [2.75, 3.05) is 13.6 Å². The van der Waals surface area contributed by atoms with Crippen LogP contribution in [0.15, 0.2) is 24.5 Å². The van der Waals surface area contributed by atoms with Crippen molar-refractivity contribution in [2.45, 2.75) is 18.9 Å². The van der Waals surface area contributed by atoms with Crippen LogP contribution >= 0.6 is 0 Å². The number of piperidine rings is 1. The van der Waals surface area contributed by atoms with Crippen LogP contribution in [0.5, 0.6) is 0 Å². The lowest BCUT2D eigenvalue weighted by molar-refractivity contribution is -0.136. The highest BCUT2D eigenvalue weighted by Gasteiger charge is 2.35. The predicted octanol–water partition coefficient (Wildman–Crippen LogP) is 0.970. The molecular formula is C18H22N6O2. The Labute approximate surface area is 152 Å². The third-order valence-electron chi connectivity index (χ3n) is 5.05. The third-order valence-corrected chi connectivity index (χ3v) is 5.05. The Morgan fingerprint density at radius 2 is 2.15 bits per heavy atom. The van der Waals surface area contributed by atoms with Crippen molar-refractivity contribution in [2.24, 2.45) is 20.0 Å². The maximum Gasteiger partial charge on any atom is 0.267 e. The highest BCUT2D eigenvalue weighted by Crippen LogP contribution is 2.35. The number of carbonyl (C=O) groups excluding carboxylic acids is 2. The number of hydrogen-bond donors (Lipinski definition) is 1.